The first-order chi connectivity index (χ1) is 10.0. The second kappa shape index (κ2) is 5.75. The van der Waals surface area contributed by atoms with E-state index in [0.717, 1.165) is 29.7 Å². The number of halogens is 1. The Morgan fingerprint density at radius 1 is 1.52 bits per heavy atom. The van der Waals surface area contributed by atoms with Crippen LogP contribution in [0.25, 0.3) is 0 Å². The van der Waals surface area contributed by atoms with Crippen LogP contribution in [-0.2, 0) is 13.0 Å². The van der Waals surface area contributed by atoms with Crippen LogP contribution in [0, 0.1) is 0 Å². The van der Waals surface area contributed by atoms with Crippen LogP contribution < -0.4 is 5.32 Å². The van der Waals surface area contributed by atoms with Gasteiger partial charge < -0.3 is 10.0 Å². The first kappa shape index (κ1) is 14.5. The molecule has 1 aromatic heterocycles. The summed E-state index contributed by atoms with van der Waals surface area (Å²) < 4.78 is 0.741. The van der Waals surface area contributed by atoms with Gasteiger partial charge in [-0.3, -0.25) is 10.1 Å². The molecule has 3 rings (SSSR count). The summed E-state index contributed by atoms with van der Waals surface area (Å²) >= 11 is 4.79. The molecule has 21 heavy (non-hydrogen) atoms. The van der Waals surface area contributed by atoms with Crippen molar-refractivity contribution >= 4 is 38.3 Å². The maximum absolute atomic E-state index is 12.2. The summed E-state index contributed by atoms with van der Waals surface area (Å²) in [4.78, 5) is 20.1. The van der Waals surface area contributed by atoms with Gasteiger partial charge in [0.05, 0.1) is 11.3 Å². The van der Waals surface area contributed by atoms with Crippen LogP contribution in [0.3, 0.4) is 0 Å². The summed E-state index contributed by atoms with van der Waals surface area (Å²) in [5.74, 6) is -0.398. The number of fused-ring (bicyclic) bond motifs is 1. The van der Waals surface area contributed by atoms with Crippen molar-refractivity contribution in [3.8, 4) is 5.75 Å². The normalized spacial score (nSPS) is 14.8. The van der Waals surface area contributed by atoms with E-state index in [0.29, 0.717) is 5.13 Å². The highest BCUT2D eigenvalue weighted by Crippen LogP contribution is 2.29. The molecular formula is C14H14BrN3O2S. The average Bonchev–Trinajstić information content (AvgIpc) is 2.82. The van der Waals surface area contributed by atoms with Crippen LogP contribution in [0.2, 0.25) is 0 Å². The van der Waals surface area contributed by atoms with Crippen LogP contribution in [0.4, 0.5) is 5.13 Å². The van der Waals surface area contributed by atoms with Crippen molar-refractivity contribution in [1.29, 1.82) is 0 Å². The number of nitrogens with zero attached hydrogens (tertiary/aromatic N) is 2. The zero-order valence-electron chi connectivity index (χ0n) is 11.4. The van der Waals surface area contributed by atoms with E-state index < -0.39 is 0 Å². The van der Waals surface area contributed by atoms with Crippen LogP contribution in [0.1, 0.15) is 20.9 Å². The standard InChI is InChI=1S/C14H14BrN3O2S/c1-18-5-4-10-12(7-18)21-14(16-10)17-13(20)9-6-8(15)2-3-11(9)19/h2-3,6,19H,4-5,7H2,1H3,(H,16,17,20). The molecule has 1 aliphatic heterocycles. The molecule has 0 atom stereocenters. The highest BCUT2D eigenvalue weighted by Gasteiger charge is 2.20. The molecule has 110 valence electrons. The molecule has 0 saturated heterocycles. The fraction of sp³-hybridized carbons (Fsp3) is 0.286. The van der Waals surface area contributed by atoms with Crippen molar-refractivity contribution in [2.45, 2.75) is 13.0 Å². The number of benzene rings is 1. The van der Waals surface area contributed by atoms with Gasteiger partial charge in [0.15, 0.2) is 5.13 Å². The van der Waals surface area contributed by atoms with Gasteiger partial charge in [-0.1, -0.05) is 15.9 Å². The molecule has 1 aliphatic rings. The number of carbonyl (C=O) groups is 1. The fourth-order valence-corrected chi connectivity index (χ4v) is 3.68. The Morgan fingerprint density at radius 2 is 2.33 bits per heavy atom. The topological polar surface area (TPSA) is 65.5 Å². The van der Waals surface area contributed by atoms with Gasteiger partial charge >= 0.3 is 0 Å². The minimum atomic E-state index is -0.353. The molecule has 2 heterocycles. The number of aromatic hydroxyl groups is 1. The van der Waals surface area contributed by atoms with Crippen LogP contribution in [0.5, 0.6) is 5.75 Å². The molecule has 7 heteroatoms. The van der Waals surface area contributed by atoms with Crippen LogP contribution in [0.15, 0.2) is 22.7 Å². The van der Waals surface area contributed by atoms with Gasteiger partial charge in [-0.25, -0.2) is 4.98 Å². The molecule has 0 spiro atoms. The zero-order chi connectivity index (χ0) is 15.0. The number of aromatic nitrogens is 1. The summed E-state index contributed by atoms with van der Waals surface area (Å²) in [6.45, 7) is 1.85. The Hall–Kier alpha value is -1.44. The van der Waals surface area contributed by atoms with E-state index in [1.165, 1.54) is 22.3 Å². The second-order valence-corrected chi connectivity index (χ2v) is 6.99. The van der Waals surface area contributed by atoms with E-state index in [1.807, 2.05) is 0 Å². The molecular weight excluding hydrogens is 354 g/mol. The zero-order valence-corrected chi connectivity index (χ0v) is 13.8. The number of nitrogens with one attached hydrogen (secondary N) is 1. The smallest absolute Gasteiger partial charge is 0.261 e. The lowest BCUT2D eigenvalue weighted by Gasteiger charge is -2.20. The number of likely N-dealkylation sites (N-methyl/N-ethyl adjacent to an activating group) is 1. The predicted molar refractivity (Wildman–Crippen MR) is 85.9 cm³/mol. The first-order valence-corrected chi connectivity index (χ1v) is 8.11. The number of phenolic OH excluding ortho intramolecular Hbond substituents is 1. The van der Waals surface area contributed by atoms with E-state index >= 15 is 0 Å². The molecule has 0 fully saturated rings. The third-order valence-electron chi connectivity index (χ3n) is 3.35. The number of hydrogen-bond acceptors (Lipinski definition) is 5. The summed E-state index contributed by atoms with van der Waals surface area (Å²) in [7, 11) is 2.07. The van der Waals surface area contributed by atoms with Gasteiger partial charge in [0, 0.05) is 28.9 Å². The van der Waals surface area contributed by atoms with Crippen LogP contribution in [-0.4, -0.2) is 34.5 Å². The second-order valence-electron chi connectivity index (χ2n) is 4.99. The SMILES string of the molecule is CN1CCc2nc(NC(=O)c3cc(Br)ccc3O)sc2C1. The minimum Gasteiger partial charge on any atom is -0.507 e. The maximum atomic E-state index is 12.2. The van der Waals surface area contributed by atoms with Crippen molar-refractivity contribution in [3.05, 3.63) is 38.8 Å². The van der Waals surface area contributed by atoms with Gasteiger partial charge in [0.1, 0.15) is 5.75 Å². The van der Waals surface area contributed by atoms with Crippen molar-refractivity contribution in [3.63, 3.8) is 0 Å². The van der Waals surface area contributed by atoms with E-state index in [-0.39, 0.29) is 17.2 Å². The van der Waals surface area contributed by atoms with Crippen molar-refractivity contribution < 1.29 is 9.90 Å². The molecule has 5 nitrogen and oxygen atoms in total. The monoisotopic (exact) mass is 367 g/mol. The Bertz CT molecular complexity index is 702. The number of carbonyl (C=O) groups excluding carboxylic acids is 1. The minimum absolute atomic E-state index is 0.0447. The Kier molecular flexibility index (Phi) is 3.97. The van der Waals surface area contributed by atoms with E-state index in [2.05, 4.69) is 38.2 Å². The van der Waals surface area contributed by atoms with Crippen molar-refractivity contribution in [1.82, 2.24) is 9.88 Å². The molecule has 0 unspecified atom stereocenters. The number of phenols is 1. The quantitative estimate of drug-likeness (QED) is 0.856. The summed E-state index contributed by atoms with van der Waals surface area (Å²) in [6, 6.07) is 4.76. The van der Waals surface area contributed by atoms with Crippen molar-refractivity contribution in [2.24, 2.45) is 0 Å². The Labute approximate surface area is 134 Å². The highest BCUT2D eigenvalue weighted by molar-refractivity contribution is 9.10. The van der Waals surface area contributed by atoms with Gasteiger partial charge in [0.25, 0.3) is 5.91 Å². The predicted octanol–water partition coefficient (Wildman–Crippen LogP) is 2.85. The lowest BCUT2D eigenvalue weighted by molar-refractivity contribution is 0.102. The number of amides is 1. The molecule has 0 saturated carbocycles. The largest absolute Gasteiger partial charge is 0.507 e. The van der Waals surface area contributed by atoms with Gasteiger partial charge in [-0.2, -0.15) is 0 Å². The molecule has 0 bridgehead atoms. The van der Waals surface area contributed by atoms with Gasteiger partial charge in [-0.05, 0) is 25.2 Å². The van der Waals surface area contributed by atoms with Gasteiger partial charge in [-0.15, -0.1) is 11.3 Å². The highest BCUT2D eigenvalue weighted by atomic mass is 79.9. The first-order valence-electron chi connectivity index (χ1n) is 6.50. The number of rotatable bonds is 2. The maximum Gasteiger partial charge on any atom is 0.261 e. The number of thiazole rings is 1. The molecule has 2 N–H and O–H groups in total. The van der Waals surface area contributed by atoms with Crippen molar-refractivity contribution in [2.75, 3.05) is 18.9 Å². The number of hydrogen-bond donors (Lipinski definition) is 2. The fourth-order valence-electron chi connectivity index (χ4n) is 2.23. The lowest BCUT2D eigenvalue weighted by atomic mass is 10.2. The number of anilines is 1. The summed E-state index contributed by atoms with van der Waals surface area (Å²) in [5, 5.41) is 13.1. The Morgan fingerprint density at radius 3 is 3.14 bits per heavy atom. The molecule has 2 aromatic rings. The van der Waals surface area contributed by atoms with E-state index in [1.54, 1.807) is 12.1 Å². The lowest BCUT2D eigenvalue weighted by Crippen LogP contribution is -2.25. The molecule has 1 aromatic carbocycles. The molecule has 0 radical (unpaired) electrons. The molecule has 0 aliphatic carbocycles. The summed E-state index contributed by atoms with van der Waals surface area (Å²) in [5.41, 5.74) is 1.29. The average molecular weight is 368 g/mol. The van der Waals surface area contributed by atoms with Crippen LogP contribution >= 0.6 is 27.3 Å². The molecule has 1 amide bonds. The van der Waals surface area contributed by atoms with E-state index in [9.17, 15) is 9.90 Å². The Balaban J connectivity index is 1.80. The third-order valence-corrected chi connectivity index (χ3v) is 4.84. The summed E-state index contributed by atoms with van der Waals surface area (Å²) in [6.07, 6.45) is 0.903. The van der Waals surface area contributed by atoms with Gasteiger partial charge in [0.2, 0.25) is 0 Å². The van der Waals surface area contributed by atoms with E-state index in [4.69, 9.17) is 0 Å². The third kappa shape index (κ3) is 3.09.